The third kappa shape index (κ3) is 5.03. The molecule has 4 rings (SSSR count). The summed E-state index contributed by atoms with van der Waals surface area (Å²) < 4.78 is 98.5. The Kier molecular flexibility index (Phi) is 7.20. The number of phenols is 3. The fraction of sp³-hybridized carbons (Fsp3) is 0.296. The number of ether oxygens (including phenoxy) is 1. The molecule has 0 aromatic heterocycles. The van der Waals surface area contributed by atoms with Crippen molar-refractivity contribution < 1.29 is 51.2 Å². The summed E-state index contributed by atoms with van der Waals surface area (Å²) in [4.78, 5) is 14.6. The fourth-order valence-corrected chi connectivity index (χ4v) is 4.91. The van der Waals surface area contributed by atoms with E-state index in [1.54, 1.807) is 0 Å². The van der Waals surface area contributed by atoms with Crippen LogP contribution in [-0.4, -0.2) is 51.5 Å². The third-order valence-corrected chi connectivity index (χ3v) is 6.28. The average molecular weight is 570 g/mol. The van der Waals surface area contributed by atoms with Gasteiger partial charge < -0.3 is 29.9 Å². The van der Waals surface area contributed by atoms with Crippen LogP contribution in [0.3, 0.4) is 0 Å². The Morgan fingerprint density at radius 1 is 0.725 bits per heavy atom. The first-order valence-electron chi connectivity index (χ1n) is 11.9. The average Bonchev–Trinajstić information content (AvgIpc) is 2.76. The number of amides is 1. The van der Waals surface area contributed by atoms with Gasteiger partial charge in [-0.3, -0.25) is 0 Å². The molecule has 1 aliphatic rings. The predicted molar refractivity (Wildman–Crippen MR) is 130 cm³/mol. The molecule has 40 heavy (non-hydrogen) atoms. The van der Waals surface area contributed by atoms with Gasteiger partial charge >= 0.3 is 6.09 Å². The van der Waals surface area contributed by atoms with Crippen molar-refractivity contribution in [1.82, 2.24) is 4.90 Å². The van der Waals surface area contributed by atoms with Gasteiger partial charge in [0.1, 0.15) is 57.3 Å². The van der Waals surface area contributed by atoms with E-state index in [-0.39, 0.29) is 6.54 Å². The lowest BCUT2D eigenvalue weighted by atomic mass is 9.77. The van der Waals surface area contributed by atoms with Gasteiger partial charge in [0.2, 0.25) is 0 Å². The highest BCUT2D eigenvalue weighted by Crippen LogP contribution is 2.48. The molecule has 0 atom stereocenters. The van der Waals surface area contributed by atoms with Crippen LogP contribution in [0.15, 0.2) is 36.4 Å². The summed E-state index contributed by atoms with van der Waals surface area (Å²) in [5.41, 5.74) is -7.34. The van der Waals surface area contributed by atoms with E-state index in [0.29, 0.717) is 41.3 Å². The number of carbonyl (C=O) groups excluding carboxylic acids is 1. The van der Waals surface area contributed by atoms with E-state index >= 15 is 26.3 Å². The van der Waals surface area contributed by atoms with Crippen LogP contribution in [0.2, 0.25) is 0 Å². The van der Waals surface area contributed by atoms with E-state index < -0.39 is 99.3 Å². The van der Waals surface area contributed by atoms with Gasteiger partial charge in [-0.1, -0.05) is 0 Å². The molecule has 0 saturated carbocycles. The van der Waals surface area contributed by atoms with Gasteiger partial charge in [0, 0.05) is 49.5 Å². The molecule has 3 aromatic rings. The van der Waals surface area contributed by atoms with Gasteiger partial charge in [0.15, 0.2) is 11.6 Å². The van der Waals surface area contributed by atoms with Gasteiger partial charge in [-0.05, 0) is 20.8 Å². The third-order valence-electron chi connectivity index (χ3n) is 6.28. The molecule has 1 heterocycles. The molecule has 1 fully saturated rings. The molecule has 3 aromatic carbocycles. The molecule has 0 spiro atoms. The second-order valence-corrected chi connectivity index (χ2v) is 10.2. The Morgan fingerprint density at radius 2 is 1.10 bits per heavy atom. The van der Waals surface area contributed by atoms with Crippen molar-refractivity contribution in [1.29, 1.82) is 0 Å². The molecule has 7 nitrogen and oxygen atoms in total. The van der Waals surface area contributed by atoms with Crippen molar-refractivity contribution in [3.63, 3.8) is 0 Å². The van der Waals surface area contributed by atoms with Crippen molar-refractivity contribution in [2.75, 3.05) is 24.5 Å². The molecule has 0 radical (unpaired) electrons. The predicted octanol–water partition coefficient (Wildman–Crippen LogP) is 5.64. The minimum Gasteiger partial charge on any atom is -0.508 e. The second-order valence-electron chi connectivity index (χ2n) is 10.2. The van der Waals surface area contributed by atoms with Crippen LogP contribution in [0.4, 0.5) is 36.8 Å². The molecule has 1 saturated heterocycles. The van der Waals surface area contributed by atoms with Crippen LogP contribution in [-0.2, 0) is 10.3 Å². The van der Waals surface area contributed by atoms with Crippen LogP contribution in [0.25, 0.3) is 0 Å². The minimum absolute atomic E-state index is 0.390. The van der Waals surface area contributed by atoms with Gasteiger partial charge in [0.25, 0.3) is 0 Å². The Hall–Kier alpha value is -4.29. The smallest absolute Gasteiger partial charge is 0.410 e. The Morgan fingerprint density at radius 3 is 1.48 bits per heavy atom. The quantitative estimate of drug-likeness (QED) is 0.353. The second kappa shape index (κ2) is 10.0. The zero-order valence-electron chi connectivity index (χ0n) is 21.4. The maximum atomic E-state index is 15.6. The molecule has 13 heteroatoms. The summed E-state index contributed by atoms with van der Waals surface area (Å²) in [7, 11) is 0. The summed E-state index contributed by atoms with van der Waals surface area (Å²) in [6, 6.07) is 2.65. The highest BCUT2D eigenvalue weighted by atomic mass is 19.2. The number of nitrogens with zero attached hydrogens (tertiary/aromatic N) is 2. The molecule has 3 N–H and O–H groups in total. The maximum absolute atomic E-state index is 15.6. The molecule has 1 amide bonds. The number of carbonyl (C=O) groups is 1. The van der Waals surface area contributed by atoms with Crippen LogP contribution in [0.5, 0.6) is 17.2 Å². The van der Waals surface area contributed by atoms with Crippen molar-refractivity contribution in [2.45, 2.75) is 31.9 Å². The van der Waals surface area contributed by atoms with Crippen LogP contribution >= 0.6 is 0 Å². The lowest BCUT2D eigenvalue weighted by Crippen LogP contribution is -2.64. The van der Waals surface area contributed by atoms with E-state index in [2.05, 4.69) is 0 Å². The lowest BCUT2D eigenvalue weighted by Gasteiger charge is -2.52. The first kappa shape index (κ1) is 28.7. The Labute approximate surface area is 224 Å². The first-order valence-corrected chi connectivity index (χ1v) is 11.9. The number of rotatable bonds is 3. The van der Waals surface area contributed by atoms with Gasteiger partial charge in [-0.15, -0.1) is 0 Å². The highest BCUT2D eigenvalue weighted by molar-refractivity contribution is 5.71. The van der Waals surface area contributed by atoms with Crippen LogP contribution in [0.1, 0.15) is 31.9 Å². The fourth-order valence-electron chi connectivity index (χ4n) is 4.91. The molecule has 0 bridgehead atoms. The van der Waals surface area contributed by atoms with E-state index in [1.165, 1.54) is 20.8 Å². The van der Waals surface area contributed by atoms with E-state index in [1.807, 2.05) is 0 Å². The van der Waals surface area contributed by atoms with Crippen molar-refractivity contribution in [3.05, 3.63) is 82.4 Å². The summed E-state index contributed by atoms with van der Waals surface area (Å²) in [6.45, 7) is 2.51. The number of benzene rings is 3. The number of hydrogen-bond acceptors (Lipinski definition) is 6. The van der Waals surface area contributed by atoms with Gasteiger partial charge in [-0.2, -0.15) is 0 Å². The number of anilines is 1. The first-order chi connectivity index (χ1) is 18.5. The van der Waals surface area contributed by atoms with Crippen molar-refractivity contribution in [2.24, 2.45) is 0 Å². The summed E-state index contributed by atoms with van der Waals surface area (Å²) in [5.74, 6) is -11.8. The van der Waals surface area contributed by atoms with Crippen molar-refractivity contribution >= 4 is 11.8 Å². The molecule has 214 valence electrons. The standard InChI is InChI=1S/C27H24F6N2O5/c1-26(2,3)40-25(39)34-4-5-35(24-20(32)10-15(38)11-21(24)33)27(12-34,22-16(28)6-13(36)7-17(22)29)23-18(30)8-14(37)9-19(23)31/h6-11,36-38H,4-5,12H2,1-3H3. The molecule has 0 aliphatic carbocycles. The SMILES string of the molecule is CC(C)(C)OC(=O)N1CCN(c2c(F)cc(O)cc2F)C(c2c(F)cc(O)cc2F)(c2c(F)cc(O)cc2F)C1. The highest BCUT2D eigenvalue weighted by Gasteiger charge is 2.54. The molecule has 1 aliphatic heterocycles. The number of hydrogen-bond donors (Lipinski definition) is 3. The minimum atomic E-state index is -2.89. The number of piperazine rings is 1. The molecular formula is C27H24F6N2O5. The number of phenolic OH excluding ortho intramolecular Hbond substituents is 3. The van der Waals surface area contributed by atoms with Crippen LogP contribution in [0, 0.1) is 34.9 Å². The van der Waals surface area contributed by atoms with Gasteiger partial charge in [0.05, 0.1) is 17.7 Å². The zero-order chi connectivity index (χ0) is 29.7. The number of aromatic hydroxyl groups is 3. The van der Waals surface area contributed by atoms with E-state index in [4.69, 9.17) is 4.74 Å². The Balaban J connectivity index is 2.14. The topological polar surface area (TPSA) is 93.5 Å². The Bertz CT molecular complexity index is 1370. The zero-order valence-corrected chi connectivity index (χ0v) is 21.4. The summed E-state index contributed by atoms with van der Waals surface area (Å²) in [6.07, 6.45) is -1.07. The number of halogens is 6. The van der Waals surface area contributed by atoms with E-state index in [0.717, 1.165) is 4.90 Å². The van der Waals surface area contributed by atoms with Crippen LogP contribution < -0.4 is 4.90 Å². The maximum Gasteiger partial charge on any atom is 0.410 e. The molecular weight excluding hydrogens is 546 g/mol. The lowest BCUT2D eigenvalue weighted by molar-refractivity contribution is 0.0171. The van der Waals surface area contributed by atoms with Gasteiger partial charge in [-0.25, -0.2) is 31.1 Å². The normalized spacial score (nSPS) is 15.3. The largest absolute Gasteiger partial charge is 0.508 e. The van der Waals surface area contributed by atoms with E-state index in [9.17, 15) is 20.1 Å². The summed E-state index contributed by atoms with van der Waals surface area (Å²) in [5, 5.41) is 29.2. The monoisotopic (exact) mass is 570 g/mol. The molecule has 0 unspecified atom stereocenters. The summed E-state index contributed by atoms with van der Waals surface area (Å²) >= 11 is 0. The van der Waals surface area contributed by atoms with Crippen molar-refractivity contribution in [3.8, 4) is 17.2 Å².